The first-order chi connectivity index (χ1) is 12.1. The molecule has 3 aliphatic rings. The second-order valence-electron chi connectivity index (χ2n) is 7.69. The molecule has 5 heteroatoms. The summed E-state index contributed by atoms with van der Waals surface area (Å²) in [6.45, 7) is 2.44. The Hall–Kier alpha value is -2.04. The number of fused-ring (bicyclic) bond motifs is 4. The third-order valence-corrected chi connectivity index (χ3v) is 6.05. The van der Waals surface area contributed by atoms with Gasteiger partial charge in [0.25, 0.3) is 0 Å². The van der Waals surface area contributed by atoms with E-state index in [1.807, 2.05) is 29.2 Å². The first-order valence-electron chi connectivity index (χ1n) is 9.34. The van der Waals surface area contributed by atoms with E-state index in [0.29, 0.717) is 36.6 Å². The quantitative estimate of drug-likeness (QED) is 0.845. The summed E-state index contributed by atoms with van der Waals surface area (Å²) in [5, 5.41) is 0. The monoisotopic (exact) mass is 342 g/mol. The zero-order valence-corrected chi connectivity index (χ0v) is 14.8. The van der Waals surface area contributed by atoms with Crippen molar-refractivity contribution < 1.29 is 14.3 Å². The fourth-order valence-electron chi connectivity index (χ4n) is 4.84. The highest BCUT2D eigenvalue weighted by molar-refractivity contribution is 5.79. The van der Waals surface area contributed by atoms with Crippen LogP contribution in [-0.2, 0) is 16.0 Å². The van der Waals surface area contributed by atoms with Gasteiger partial charge in [0.15, 0.2) is 0 Å². The summed E-state index contributed by atoms with van der Waals surface area (Å²) < 4.78 is 5.17. The summed E-state index contributed by atoms with van der Waals surface area (Å²) in [7, 11) is 1.64. The van der Waals surface area contributed by atoms with Gasteiger partial charge in [-0.2, -0.15) is 0 Å². The van der Waals surface area contributed by atoms with Crippen molar-refractivity contribution >= 4 is 11.8 Å². The van der Waals surface area contributed by atoms with Crippen LogP contribution >= 0.6 is 0 Å². The number of hydrogen-bond acceptors (Lipinski definition) is 3. The Morgan fingerprint density at radius 1 is 1.20 bits per heavy atom. The fraction of sp³-hybridized carbons (Fsp3) is 0.600. The van der Waals surface area contributed by atoms with Crippen molar-refractivity contribution in [1.82, 2.24) is 9.80 Å². The second kappa shape index (κ2) is 6.70. The van der Waals surface area contributed by atoms with E-state index < -0.39 is 0 Å². The Morgan fingerprint density at radius 2 is 2.00 bits per heavy atom. The largest absolute Gasteiger partial charge is 0.497 e. The third kappa shape index (κ3) is 3.24. The van der Waals surface area contributed by atoms with Gasteiger partial charge in [-0.3, -0.25) is 9.59 Å². The number of likely N-dealkylation sites (tertiary alicyclic amines) is 1. The second-order valence-corrected chi connectivity index (χ2v) is 7.69. The molecule has 0 unspecified atom stereocenters. The van der Waals surface area contributed by atoms with Gasteiger partial charge in [-0.25, -0.2) is 0 Å². The van der Waals surface area contributed by atoms with Gasteiger partial charge in [-0.15, -0.1) is 0 Å². The highest BCUT2D eigenvalue weighted by Gasteiger charge is 2.44. The fourth-order valence-corrected chi connectivity index (χ4v) is 4.84. The SMILES string of the molecule is COc1ccc(CC(=O)N2C[C@H]3C[C@@H](C2)[C@H]2CCCC(=O)N2C3)cc1. The lowest BCUT2D eigenvalue weighted by Gasteiger charge is -2.52. The number of hydrogen-bond donors (Lipinski definition) is 0. The van der Waals surface area contributed by atoms with E-state index in [1.165, 1.54) is 6.42 Å². The van der Waals surface area contributed by atoms with Crippen LogP contribution in [-0.4, -0.2) is 54.4 Å². The van der Waals surface area contributed by atoms with Crippen molar-refractivity contribution in [1.29, 1.82) is 0 Å². The molecular formula is C20H26N2O3. The molecule has 2 bridgehead atoms. The van der Waals surface area contributed by atoms with Gasteiger partial charge >= 0.3 is 0 Å². The Morgan fingerprint density at radius 3 is 2.76 bits per heavy atom. The third-order valence-electron chi connectivity index (χ3n) is 6.05. The lowest BCUT2D eigenvalue weighted by molar-refractivity contribution is -0.148. The van der Waals surface area contributed by atoms with Crippen LogP contribution < -0.4 is 4.74 Å². The zero-order chi connectivity index (χ0) is 17.4. The molecule has 3 saturated heterocycles. The van der Waals surface area contributed by atoms with Crippen molar-refractivity contribution in [2.45, 2.75) is 38.1 Å². The molecule has 3 aliphatic heterocycles. The number of amides is 2. The summed E-state index contributed by atoms with van der Waals surface area (Å²) >= 11 is 0. The van der Waals surface area contributed by atoms with E-state index in [-0.39, 0.29) is 5.91 Å². The van der Waals surface area contributed by atoms with Crippen molar-refractivity contribution in [3.05, 3.63) is 29.8 Å². The van der Waals surface area contributed by atoms with Gasteiger partial charge in [0.05, 0.1) is 13.5 Å². The van der Waals surface area contributed by atoms with Gasteiger partial charge in [0.1, 0.15) is 5.75 Å². The van der Waals surface area contributed by atoms with Crippen LogP contribution in [0.3, 0.4) is 0 Å². The number of methoxy groups -OCH3 is 1. The minimum Gasteiger partial charge on any atom is -0.497 e. The van der Waals surface area contributed by atoms with Gasteiger partial charge in [0, 0.05) is 32.1 Å². The Bertz CT molecular complexity index is 657. The molecule has 1 aromatic carbocycles. The maximum Gasteiger partial charge on any atom is 0.227 e. The molecule has 3 heterocycles. The van der Waals surface area contributed by atoms with Crippen LogP contribution in [0.4, 0.5) is 0 Å². The molecule has 0 spiro atoms. The van der Waals surface area contributed by atoms with Gasteiger partial charge in [-0.1, -0.05) is 12.1 Å². The van der Waals surface area contributed by atoms with Crippen LogP contribution in [0.25, 0.3) is 0 Å². The van der Waals surface area contributed by atoms with Gasteiger partial charge in [-0.05, 0) is 48.8 Å². The minimum atomic E-state index is 0.204. The minimum absolute atomic E-state index is 0.204. The highest BCUT2D eigenvalue weighted by atomic mass is 16.5. The summed E-state index contributed by atoms with van der Waals surface area (Å²) in [5.74, 6) is 2.23. The van der Waals surface area contributed by atoms with Crippen LogP contribution in [0.5, 0.6) is 5.75 Å². The Labute approximate surface area is 148 Å². The lowest BCUT2D eigenvalue weighted by atomic mass is 9.76. The van der Waals surface area contributed by atoms with Gasteiger partial charge < -0.3 is 14.5 Å². The van der Waals surface area contributed by atoms with Crippen LogP contribution in [0.2, 0.25) is 0 Å². The molecular weight excluding hydrogens is 316 g/mol. The molecule has 134 valence electrons. The first kappa shape index (κ1) is 16.4. The number of rotatable bonds is 3. The molecule has 0 aromatic heterocycles. The molecule has 0 radical (unpaired) electrons. The highest BCUT2D eigenvalue weighted by Crippen LogP contribution is 2.38. The summed E-state index contributed by atoms with van der Waals surface area (Å²) in [4.78, 5) is 29.2. The summed E-state index contributed by atoms with van der Waals surface area (Å²) in [5.41, 5.74) is 1.02. The first-order valence-corrected chi connectivity index (χ1v) is 9.34. The molecule has 3 atom stereocenters. The van der Waals surface area contributed by atoms with Crippen molar-refractivity contribution in [3.63, 3.8) is 0 Å². The Kier molecular flexibility index (Phi) is 4.40. The smallest absolute Gasteiger partial charge is 0.227 e. The molecule has 3 fully saturated rings. The average Bonchev–Trinajstić information content (AvgIpc) is 2.63. The van der Waals surface area contributed by atoms with E-state index in [9.17, 15) is 9.59 Å². The summed E-state index contributed by atoms with van der Waals surface area (Å²) in [6, 6.07) is 8.08. The molecule has 1 aromatic rings. The van der Waals surface area contributed by atoms with Crippen molar-refractivity contribution in [2.24, 2.45) is 11.8 Å². The van der Waals surface area contributed by atoms with Crippen molar-refractivity contribution in [3.8, 4) is 5.75 Å². The molecule has 0 N–H and O–H groups in total. The van der Waals surface area contributed by atoms with E-state index in [2.05, 4.69) is 4.90 Å². The van der Waals surface area contributed by atoms with E-state index in [0.717, 1.165) is 43.8 Å². The standard InChI is InChI=1S/C20H26N2O3/c1-25-17-7-5-14(6-8-17)10-20(24)21-11-15-9-16(13-21)18-3-2-4-19(23)22(18)12-15/h5-8,15-16,18H,2-4,9-13H2,1H3/t15-,16+,18-/m1/s1. The van der Waals surface area contributed by atoms with E-state index in [1.54, 1.807) is 7.11 Å². The molecule has 5 nitrogen and oxygen atoms in total. The molecule has 0 saturated carbocycles. The van der Waals surface area contributed by atoms with Gasteiger partial charge in [0.2, 0.25) is 11.8 Å². The molecule has 25 heavy (non-hydrogen) atoms. The predicted molar refractivity (Wildman–Crippen MR) is 94.2 cm³/mol. The normalized spacial score (nSPS) is 28.5. The maximum absolute atomic E-state index is 12.8. The van der Waals surface area contributed by atoms with Crippen LogP contribution in [0.15, 0.2) is 24.3 Å². The zero-order valence-electron chi connectivity index (χ0n) is 14.8. The average molecular weight is 342 g/mol. The number of carbonyl (C=O) groups excluding carboxylic acids is 2. The Balaban J connectivity index is 1.42. The molecule has 4 rings (SSSR count). The van der Waals surface area contributed by atoms with Crippen LogP contribution in [0, 0.1) is 11.8 Å². The van der Waals surface area contributed by atoms with Crippen LogP contribution in [0.1, 0.15) is 31.2 Å². The predicted octanol–water partition coefficient (Wildman–Crippen LogP) is 2.10. The molecule has 2 amide bonds. The van der Waals surface area contributed by atoms with E-state index >= 15 is 0 Å². The number of carbonyl (C=O) groups is 2. The van der Waals surface area contributed by atoms with E-state index in [4.69, 9.17) is 4.74 Å². The number of benzene rings is 1. The van der Waals surface area contributed by atoms with Crippen molar-refractivity contribution in [2.75, 3.05) is 26.7 Å². The lowest BCUT2D eigenvalue weighted by Crippen LogP contribution is -2.61. The summed E-state index contributed by atoms with van der Waals surface area (Å²) in [6.07, 6.45) is 4.41. The molecule has 0 aliphatic carbocycles. The number of ether oxygens (including phenoxy) is 1. The number of nitrogens with zero attached hydrogens (tertiary/aromatic N) is 2. The topological polar surface area (TPSA) is 49.9 Å². The maximum atomic E-state index is 12.8. The number of piperidine rings is 3.